The summed E-state index contributed by atoms with van der Waals surface area (Å²) in [4.78, 5) is 0. The van der Waals surface area contributed by atoms with E-state index in [0.29, 0.717) is 21.3 Å². The first-order chi connectivity index (χ1) is 9.01. The molecule has 5 heteroatoms. The molecule has 0 amide bonds. The van der Waals surface area contributed by atoms with Crippen molar-refractivity contribution in [1.82, 2.24) is 0 Å². The summed E-state index contributed by atoms with van der Waals surface area (Å²) in [5.74, 6) is 0.147. The third-order valence-electron chi connectivity index (χ3n) is 2.69. The number of aliphatic hydroxyl groups excluding tert-OH is 1. The van der Waals surface area contributed by atoms with Crippen molar-refractivity contribution in [1.29, 1.82) is 0 Å². The lowest BCUT2D eigenvalue weighted by atomic mass is 10.0. The van der Waals surface area contributed by atoms with Crippen molar-refractivity contribution in [3.63, 3.8) is 0 Å². The van der Waals surface area contributed by atoms with E-state index in [1.54, 1.807) is 18.2 Å². The van der Waals surface area contributed by atoms with E-state index in [4.69, 9.17) is 4.74 Å². The average Bonchev–Trinajstić information content (AvgIpc) is 2.36. The molecule has 0 spiro atoms. The molecule has 0 heterocycles. The first-order valence-corrected chi connectivity index (χ1v) is 7.07. The maximum Gasteiger partial charge on any atom is 0.125 e. The number of methoxy groups -OCH3 is 1. The Kier molecular flexibility index (Phi) is 4.60. The van der Waals surface area contributed by atoms with Gasteiger partial charge in [0.25, 0.3) is 0 Å². The highest BCUT2D eigenvalue weighted by molar-refractivity contribution is 9.10. The van der Waals surface area contributed by atoms with Gasteiger partial charge in [-0.1, -0.05) is 31.9 Å². The molecule has 0 aliphatic carbocycles. The third kappa shape index (κ3) is 3.35. The summed E-state index contributed by atoms with van der Waals surface area (Å²) in [5.41, 5.74) is 1.04. The van der Waals surface area contributed by atoms with Crippen LogP contribution in [0.1, 0.15) is 17.2 Å². The predicted octanol–water partition coefficient (Wildman–Crippen LogP) is 4.44. The van der Waals surface area contributed by atoms with Crippen molar-refractivity contribution in [2.75, 3.05) is 7.11 Å². The Morgan fingerprint density at radius 3 is 2.47 bits per heavy atom. The molecule has 0 saturated carbocycles. The van der Waals surface area contributed by atoms with E-state index in [1.807, 2.05) is 6.07 Å². The lowest BCUT2D eigenvalue weighted by molar-refractivity contribution is 0.214. The Hall–Kier alpha value is -0.910. The summed E-state index contributed by atoms with van der Waals surface area (Å²) in [6.45, 7) is 0. The van der Waals surface area contributed by atoms with Crippen molar-refractivity contribution in [3.05, 3.63) is 62.3 Å². The molecule has 1 atom stereocenters. The van der Waals surface area contributed by atoms with Crippen LogP contribution in [0, 0.1) is 5.82 Å². The minimum atomic E-state index is -0.959. The molecule has 2 aromatic carbocycles. The van der Waals surface area contributed by atoms with Gasteiger partial charge >= 0.3 is 0 Å². The van der Waals surface area contributed by atoms with Crippen molar-refractivity contribution < 1.29 is 14.2 Å². The van der Waals surface area contributed by atoms with Gasteiger partial charge in [-0.2, -0.15) is 0 Å². The van der Waals surface area contributed by atoms with Gasteiger partial charge in [-0.3, -0.25) is 0 Å². The van der Waals surface area contributed by atoms with Gasteiger partial charge in [-0.15, -0.1) is 0 Å². The van der Waals surface area contributed by atoms with Crippen LogP contribution in [0.3, 0.4) is 0 Å². The molecule has 2 nitrogen and oxygen atoms in total. The average molecular weight is 390 g/mol. The normalized spacial score (nSPS) is 12.3. The fourth-order valence-electron chi connectivity index (χ4n) is 1.83. The van der Waals surface area contributed by atoms with Crippen LogP contribution in [0.5, 0.6) is 5.75 Å². The van der Waals surface area contributed by atoms with E-state index in [1.165, 1.54) is 19.2 Å². The molecule has 0 radical (unpaired) electrons. The van der Waals surface area contributed by atoms with Gasteiger partial charge in [0.05, 0.1) is 7.11 Å². The van der Waals surface area contributed by atoms with Crippen LogP contribution in [0.4, 0.5) is 4.39 Å². The van der Waals surface area contributed by atoms with Crippen LogP contribution in [-0.2, 0) is 0 Å². The first-order valence-electron chi connectivity index (χ1n) is 5.48. The van der Waals surface area contributed by atoms with Crippen LogP contribution in [0.2, 0.25) is 0 Å². The molecule has 0 saturated heterocycles. The van der Waals surface area contributed by atoms with Crippen molar-refractivity contribution in [2.45, 2.75) is 6.10 Å². The van der Waals surface area contributed by atoms with E-state index in [9.17, 15) is 9.50 Å². The molecular weight excluding hydrogens is 379 g/mol. The molecule has 1 N–H and O–H groups in total. The van der Waals surface area contributed by atoms with Gasteiger partial charge in [0.1, 0.15) is 17.7 Å². The molecule has 100 valence electrons. The SMILES string of the molecule is COc1ccc(Br)cc1C(O)c1cc(F)cc(Br)c1. The lowest BCUT2D eigenvalue weighted by Crippen LogP contribution is -2.03. The van der Waals surface area contributed by atoms with Gasteiger partial charge < -0.3 is 9.84 Å². The van der Waals surface area contributed by atoms with E-state index in [2.05, 4.69) is 31.9 Å². The monoisotopic (exact) mass is 388 g/mol. The Morgan fingerprint density at radius 2 is 1.84 bits per heavy atom. The van der Waals surface area contributed by atoms with Gasteiger partial charge in [0.2, 0.25) is 0 Å². The predicted molar refractivity (Wildman–Crippen MR) is 78.9 cm³/mol. The number of aliphatic hydroxyl groups is 1. The number of halogens is 3. The third-order valence-corrected chi connectivity index (χ3v) is 3.64. The molecule has 0 aliphatic heterocycles. The van der Waals surface area contributed by atoms with Gasteiger partial charge in [-0.25, -0.2) is 4.39 Å². The van der Waals surface area contributed by atoms with Crippen LogP contribution in [0.15, 0.2) is 45.3 Å². The topological polar surface area (TPSA) is 29.5 Å². The van der Waals surface area contributed by atoms with Crippen LogP contribution < -0.4 is 4.74 Å². The second-order valence-electron chi connectivity index (χ2n) is 3.99. The first kappa shape index (κ1) is 14.5. The van der Waals surface area contributed by atoms with Gasteiger partial charge in [-0.05, 0) is 42.0 Å². The van der Waals surface area contributed by atoms with Crippen LogP contribution in [-0.4, -0.2) is 12.2 Å². The zero-order valence-electron chi connectivity index (χ0n) is 10.0. The van der Waals surface area contributed by atoms with Crippen molar-refractivity contribution >= 4 is 31.9 Å². The Morgan fingerprint density at radius 1 is 1.11 bits per heavy atom. The number of rotatable bonds is 3. The van der Waals surface area contributed by atoms with Crippen LogP contribution in [0.25, 0.3) is 0 Å². The fraction of sp³-hybridized carbons (Fsp3) is 0.143. The summed E-state index contributed by atoms with van der Waals surface area (Å²) >= 11 is 6.56. The molecule has 0 aliphatic rings. The molecular formula is C14H11Br2FO2. The lowest BCUT2D eigenvalue weighted by Gasteiger charge is -2.16. The van der Waals surface area contributed by atoms with Crippen molar-refractivity contribution in [2.24, 2.45) is 0 Å². The summed E-state index contributed by atoms with van der Waals surface area (Å²) < 4.78 is 20.0. The fourth-order valence-corrected chi connectivity index (χ4v) is 2.69. The maximum absolute atomic E-state index is 13.4. The number of benzene rings is 2. The summed E-state index contributed by atoms with van der Waals surface area (Å²) in [7, 11) is 1.53. The zero-order valence-corrected chi connectivity index (χ0v) is 13.2. The summed E-state index contributed by atoms with van der Waals surface area (Å²) in [5, 5.41) is 10.4. The van der Waals surface area contributed by atoms with E-state index in [0.717, 1.165) is 4.47 Å². The highest BCUT2D eigenvalue weighted by atomic mass is 79.9. The number of hydrogen-bond donors (Lipinski definition) is 1. The molecule has 2 rings (SSSR count). The second kappa shape index (κ2) is 6.03. The highest BCUT2D eigenvalue weighted by Crippen LogP contribution is 2.33. The standard InChI is InChI=1S/C14H11Br2FO2/c1-19-13-3-2-9(15)7-12(13)14(18)8-4-10(16)6-11(17)5-8/h2-7,14,18H,1H3. The quantitative estimate of drug-likeness (QED) is 0.840. The smallest absolute Gasteiger partial charge is 0.125 e. The maximum atomic E-state index is 13.4. The molecule has 0 fully saturated rings. The van der Waals surface area contributed by atoms with Gasteiger partial charge in [0, 0.05) is 14.5 Å². The Labute approximate surface area is 127 Å². The van der Waals surface area contributed by atoms with E-state index < -0.39 is 11.9 Å². The Balaban J connectivity index is 2.48. The molecule has 1 unspecified atom stereocenters. The van der Waals surface area contributed by atoms with E-state index in [-0.39, 0.29) is 0 Å². The highest BCUT2D eigenvalue weighted by Gasteiger charge is 2.17. The second-order valence-corrected chi connectivity index (χ2v) is 5.82. The minimum Gasteiger partial charge on any atom is -0.496 e. The minimum absolute atomic E-state index is 0.405. The van der Waals surface area contributed by atoms with Gasteiger partial charge in [0.15, 0.2) is 0 Å². The van der Waals surface area contributed by atoms with Crippen molar-refractivity contribution in [3.8, 4) is 5.75 Å². The molecule has 19 heavy (non-hydrogen) atoms. The molecule has 0 aromatic heterocycles. The summed E-state index contributed by atoms with van der Waals surface area (Å²) in [6.07, 6.45) is -0.959. The largest absolute Gasteiger partial charge is 0.496 e. The molecule has 2 aromatic rings. The Bertz CT molecular complexity index is 582. The van der Waals surface area contributed by atoms with E-state index >= 15 is 0 Å². The number of ether oxygens (including phenoxy) is 1. The summed E-state index contributed by atoms with van der Waals surface area (Å²) in [6, 6.07) is 9.63. The molecule has 0 bridgehead atoms. The zero-order chi connectivity index (χ0) is 14.0. The number of hydrogen-bond acceptors (Lipinski definition) is 2. The van der Waals surface area contributed by atoms with Crippen LogP contribution >= 0.6 is 31.9 Å².